The van der Waals surface area contributed by atoms with Crippen molar-refractivity contribution >= 4 is 46.7 Å². The van der Waals surface area contributed by atoms with Crippen LogP contribution in [0, 0.1) is 6.92 Å². The van der Waals surface area contributed by atoms with Gasteiger partial charge in [-0.1, -0.05) is 53.0 Å². The number of hydrogen-bond acceptors (Lipinski definition) is 3. The van der Waals surface area contributed by atoms with Gasteiger partial charge >= 0.3 is 0 Å². The molecule has 0 aliphatic heterocycles. The van der Waals surface area contributed by atoms with Crippen molar-refractivity contribution in [3.63, 3.8) is 0 Å². The predicted octanol–water partition coefficient (Wildman–Crippen LogP) is 7.29. The Labute approximate surface area is 179 Å². The highest BCUT2D eigenvalue weighted by atomic mass is 35.5. The van der Waals surface area contributed by atoms with Gasteiger partial charge in [0.1, 0.15) is 6.61 Å². The number of halogens is 3. The van der Waals surface area contributed by atoms with Gasteiger partial charge in [0.05, 0.1) is 17.8 Å². The standard InChI is InChI=1S/C22H18Cl3NO2/c1-14-3-6-18(24)11-20(14)26-12-16-9-19(25)22(21(10-16)27-2)28-13-15-4-7-17(23)8-5-15/h3-12H,13H2,1-2H3. The summed E-state index contributed by atoms with van der Waals surface area (Å²) in [5, 5.41) is 1.76. The lowest BCUT2D eigenvalue weighted by atomic mass is 10.2. The minimum atomic E-state index is 0.350. The van der Waals surface area contributed by atoms with E-state index in [2.05, 4.69) is 4.99 Å². The lowest BCUT2D eigenvalue weighted by Crippen LogP contribution is -1.99. The van der Waals surface area contributed by atoms with E-state index in [4.69, 9.17) is 44.3 Å². The Morgan fingerprint density at radius 1 is 0.929 bits per heavy atom. The minimum Gasteiger partial charge on any atom is -0.493 e. The number of aryl methyl sites for hydroxylation is 1. The van der Waals surface area contributed by atoms with Gasteiger partial charge in [-0.3, -0.25) is 4.99 Å². The summed E-state index contributed by atoms with van der Waals surface area (Å²) in [6.07, 6.45) is 1.72. The van der Waals surface area contributed by atoms with Crippen LogP contribution >= 0.6 is 34.8 Å². The summed E-state index contributed by atoms with van der Waals surface area (Å²) >= 11 is 18.4. The van der Waals surface area contributed by atoms with E-state index in [0.717, 1.165) is 22.4 Å². The molecule has 0 saturated carbocycles. The van der Waals surface area contributed by atoms with E-state index < -0.39 is 0 Å². The number of methoxy groups -OCH3 is 1. The molecule has 3 nitrogen and oxygen atoms in total. The van der Waals surface area contributed by atoms with E-state index in [0.29, 0.717) is 33.2 Å². The molecule has 28 heavy (non-hydrogen) atoms. The summed E-state index contributed by atoms with van der Waals surface area (Å²) in [6.45, 7) is 2.33. The summed E-state index contributed by atoms with van der Waals surface area (Å²) in [5.41, 5.74) is 3.59. The van der Waals surface area contributed by atoms with Crippen molar-refractivity contribution in [2.75, 3.05) is 7.11 Å². The molecule has 6 heteroatoms. The van der Waals surface area contributed by atoms with Crippen molar-refractivity contribution in [3.8, 4) is 11.5 Å². The molecule has 3 aromatic carbocycles. The Bertz CT molecular complexity index is 1000. The molecule has 0 atom stereocenters. The van der Waals surface area contributed by atoms with Crippen LogP contribution in [0.25, 0.3) is 0 Å². The summed E-state index contributed by atoms with van der Waals surface area (Å²) < 4.78 is 11.3. The average molecular weight is 435 g/mol. The van der Waals surface area contributed by atoms with Gasteiger partial charge in [0.15, 0.2) is 11.5 Å². The maximum absolute atomic E-state index is 6.43. The molecular formula is C22H18Cl3NO2. The average Bonchev–Trinajstić information content (AvgIpc) is 2.68. The third-order valence-electron chi connectivity index (χ3n) is 4.07. The molecule has 0 radical (unpaired) electrons. The van der Waals surface area contributed by atoms with Gasteiger partial charge in [-0.15, -0.1) is 0 Å². The monoisotopic (exact) mass is 433 g/mol. The molecule has 0 aromatic heterocycles. The zero-order chi connectivity index (χ0) is 20.1. The molecule has 0 amide bonds. The van der Waals surface area contributed by atoms with E-state index in [1.165, 1.54) is 0 Å². The molecule has 0 heterocycles. The Kier molecular flexibility index (Phi) is 6.84. The third kappa shape index (κ3) is 5.20. The van der Waals surface area contributed by atoms with Crippen molar-refractivity contribution < 1.29 is 9.47 Å². The fraction of sp³-hybridized carbons (Fsp3) is 0.136. The van der Waals surface area contributed by atoms with Crippen LogP contribution < -0.4 is 9.47 Å². The number of benzene rings is 3. The van der Waals surface area contributed by atoms with Gasteiger partial charge < -0.3 is 9.47 Å². The molecule has 0 saturated heterocycles. The largest absolute Gasteiger partial charge is 0.493 e. The second-order valence-electron chi connectivity index (χ2n) is 6.14. The van der Waals surface area contributed by atoms with Gasteiger partial charge in [-0.2, -0.15) is 0 Å². The summed E-state index contributed by atoms with van der Waals surface area (Å²) in [4.78, 5) is 4.51. The summed E-state index contributed by atoms with van der Waals surface area (Å²) in [7, 11) is 1.57. The van der Waals surface area contributed by atoms with E-state index in [9.17, 15) is 0 Å². The lowest BCUT2D eigenvalue weighted by molar-refractivity contribution is 0.284. The van der Waals surface area contributed by atoms with Crippen LogP contribution in [0.5, 0.6) is 11.5 Å². The topological polar surface area (TPSA) is 30.8 Å². The maximum atomic E-state index is 6.43. The summed E-state index contributed by atoms with van der Waals surface area (Å²) in [5.74, 6) is 1.01. The third-order valence-corrected chi connectivity index (χ3v) is 4.84. The predicted molar refractivity (Wildman–Crippen MR) is 117 cm³/mol. The number of nitrogens with zero attached hydrogens (tertiary/aromatic N) is 1. The first kappa shape index (κ1) is 20.5. The van der Waals surface area contributed by atoms with E-state index in [1.807, 2.05) is 55.5 Å². The molecular weight excluding hydrogens is 417 g/mol. The first-order valence-corrected chi connectivity index (χ1v) is 9.64. The molecule has 0 N–H and O–H groups in total. The SMILES string of the molecule is COc1cc(C=Nc2cc(Cl)ccc2C)cc(Cl)c1OCc1ccc(Cl)cc1. The van der Waals surface area contributed by atoms with Crippen LogP contribution in [-0.4, -0.2) is 13.3 Å². The number of rotatable bonds is 6. The molecule has 144 valence electrons. The van der Waals surface area contributed by atoms with Crippen LogP contribution in [0.4, 0.5) is 5.69 Å². The highest BCUT2D eigenvalue weighted by molar-refractivity contribution is 6.32. The highest BCUT2D eigenvalue weighted by Gasteiger charge is 2.12. The molecule has 0 fully saturated rings. The quantitative estimate of drug-likeness (QED) is 0.381. The molecule has 3 rings (SSSR count). The van der Waals surface area contributed by atoms with Crippen molar-refractivity contribution in [1.29, 1.82) is 0 Å². The normalized spacial score (nSPS) is 11.0. The molecule has 0 aliphatic carbocycles. The van der Waals surface area contributed by atoms with Gasteiger partial charge in [0.25, 0.3) is 0 Å². The Hall–Kier alpha value is -2.20. The molecule has 0 unspecified atom stereocenters. The Morgan fingerprint density at radius 3 is 2.36 bits per heavy atom. The molecule has 0 bridgehead atoms. The van der Waals surface area contributed by atoms with Crippen LogP contribution in [0.3, 0.4) is 0 Å². The first-order chi connectivity index (χ1) is 13.5. The van der Waals surface area contributed by atoms with Crippen LogP contribution in [0.15, 0.2) is 59.6 Å². The molecule has 0 spiro atoms. The van der Waals surface area contributed by atoms with Crippen LogP contribution in [-0.2, 0) is 6.61 Å². The minimum absolute atomic E-state index is 0.350. The van der Waals surface area contributed by atoms with Crippen molar-refractivity contribution in [2.45, 2.75) is 13.5 Å². The lowest BCUT2D eigenvalue weighted by Gasteiger charge is -2.13. The number of hydrogen-bond donors (Lipinski definition) is 0. The molecule has 0 aliphatic rings. The number of ether oxygens (including phenoxy) is 2. The van der Waals surface area contributed by atoms with Gasteiger partial charge in [-0.25, -0.2) is 0 Å². The Morgan fingerprint density at radius 2 is 1.64 bits per heavy atom. The van der Waals surface area contributed by atoms with Crippen LogP contribution in [0.2, 0.25) is 15.1 Å². The second kappa shape index (κ2) is 9.33. The highest BCUT2D eigenvalue weighted by Crippen LogP contribution is 2.37. The molecule has 3 aromatic rings. The zero-order valence-corrected chi connectivity index (χ0v) is 17.6. The fourth-order valence-electron chi connectivity index (χ4n) is 2.56. The van der Waals surface area contributed by atoms with Gasteiger partial charge in [0.2, 0.25) is 0 Å². The maximum Gasteiger partial charge on any atom is 0.180 e. The first-order valence-electron chi connectivity index (χ1n) is 8.51. The van der Waals surface area contributed by atoms with Crippen molar-refractivity contribution in [1.82, 2.24) is 0 Å². The number of aliphatic imine (C=N–C) groups is 1. The van der Waals surface area contributed by atoms with Crippen molar-refractivity contribution in [3.05, 3.63) is 86.4 Å². The second-order valence-corrected chi connectivity index (χ2v) is 7.42. The van der Waals surface area contributed by atoms with E-state index in [1.54, 1.807) is 19.4 Å². The fourth-order valence-corrected chi connectivity index (χ4v) is 3.12. The van der Waals surface area contributed by atoms with E-state index >= 15 is 0 Å². The van der Waals surface area contributed by atoms with Crippen LogP contribution in [0.1, 0.15) is 16.7 Å². The van der Waals surface area contributed by atoms with E-state index in [-0.39, 0.29) is 0 Å². The smallest absolute Gasteiger partial charge is 0.180 e. The van der Waals surface area contributed by atoms with Gasteiger partial charge in [-0.05, 0) is 60.0 Å². The Balaban J connectivity index is 1.81. The zero-order valence-electron chi connectivity index (χ0n) is 15.4. The van der Waals surface area contributed by atoms with Crippen molar-refractivity contribution in [2.24, 2.45) is 4.99 Å². The van der Waals surface area contributed by atoms with Gasteiger partial charge in [0, 0.05) is 16.3 Å². The summed E-state index contributed by atoms with van der Waals surface area (Å²) in [6, 6.07) is 16.6.